The fourth-order valence-electron chi connectivity index (χ4n) is 1.63. The van der Waals surface area contributed by atoms with Crippen molar-refractivity contribution in [2.45, 2.75) is 0 Å². The van der Waals surface area contributed by atoms with Crippen LogP contribution in [0.5, 0.6) is 0 Å². The second kappa shape index (κ2) is 2.80. The summed E-state index contributed by atoms with van der Waals surface area (Å²) in [4.78, 5) is 27.5. The summed E-state index contributed by atoms with van der Waals surface area (Å²) in [5.41, 5.74) is 0.127. The first-order valence-corrected chi connectivity index (χ1v) is 5.26. The minimum Gasteiger partial charge on any atom is -0.316 e. The quantitative estimate of drug-likeness (QED) is 0.560. The van der Waals surface area contributed by atoms with Crippen molar-refractivity contribution in [2.75, 3.05) is 0 Å². The Hall–Kier alpha value is -1.88. The van der Waals surface area contributed by atoms with Crippen LogP contribution in [-0.4, -0.2) is 9.97 Å². The van der Waals surface area contributed by atoms with Gasteiger partial charge in [-0.2, -0.15) is 0 Å². The van der Waals surface area contributed by atoms with E-state index in [4.69, 9.17) is 0 Å². The summed E-state index contributed by atoms with van der Waals surface area (Å²) < 4.78 is 1.09. The Balaban J connectivity index is 2.68. The predicted octanol–water partition coefficient (Wildman–Crippen LogP) is 1.43. The third-order valence-corrected chi connectivity index (χ3v) is 3.21. The Kier molecular flexibility index (Phi) is 1.58. The molecule has 0 saturated carbocycles. The molecule has 3 rings (SSSR count). The van der Waals surface area contributed by atoms with Gasteiger partial charge in [0.05, 0.1) is 11.0 Å². The predicted molar refractivity (Wildman–Crippen MR) is 60.6 cm³/mol. The largest absolute Gasteiger partial charge is 0.316 e. The van der Waals surface area contributed by atoms with Crippen LogP contribution in [0.3, 0.4) is 0 Å². The lowest BCUT2D eigenvalue weighted by atomic mass is 10.2. The molecule has 15 heavy (non-hydrogen) atoms. The molecule has 2 aromatic heterocycles. The highest BCUT2D eigenvalue weighted by atomic mass is 32.1. The number of nitrogens with one attached hydrogen (secondary N) is 2. The molecule has 0 radical (unpaired) electrons. The molecule has 0 atom stereocenters. The summed E-state index contributed by atoms with van der Waals surface area (Å²) in [6.45, 7) is 0. The number of fused-ring (bicyclic) bond motifs is 3. The zero-order valence-electron chi connectivity index (χ0n) is 7.53. The summed E-state index contributed by atoms with van der Waals surface area (Å²) in [6.07, 6.45) is 0. The van der Waals surface area contributed by atoms with Gasteiger partial charge in [0.1, 0.15) is 0 Å². The van der Waals surface area contributed by atoms with E-state index in [0.29, 0.717) is 11.0 Å². The number of H-pyrrole nitrogens is 2. The van der Waals surface area contributed by atoms with Crippen LogP contribution < -0.4 is 11.1 Å². The average molecular weight is 218 g/mol. The van der Waals surface area contributed by atoms with Crippen LogP contribution in [0.1, 0.15) is 0 Å². The maximum Gasteiger partial charge on any atom is 0.314 e. The van der Waals surface area contributed by atoms with Crippen molar-refractivity contribution in [1.82, 2.24) is 9.97 Å². The summed E-state index contributed by atoms with van der Waals surface area (Å²) in [5.74, 6) is 0. The van der Waals surface area contributed by atoms with Gasteiger partial charge < -0.3 is 9.97 Å². The van der Waals surface area contributed by atoms with E-state index in [9.17, 15) is 9.59 Å². The molecule has 0 aliphatic heterocycles. The smallest absolute Gasteiger partial charge is 0.314 e. The lowest BCUT2D eigenvalue weighted by Gasteiger charge is -1.97. The van der Waals surface area contributed by atoms with Gasteiger partial charge in [0.15, 0.2) is 0 Å². The van der Waals surface area contributed by atoms with Crippen LogP contribution in [-0.2, 0) is 0 Å². The molecule has 4 nitrogen and oxygen atoms in total. The normalized spacial score (nSPS) is 11.2. The molecule has 3 aromatic rings. The van der Waals surface area contributed by atoms with Crippen molar-refractivity contribution in [2.24, 2.45) is 0 Å². The van der Waals surface area contributed by atoms with E-state index >= 15 is 0 Å². The number of thiophene rings is 1. The lowest BCUT2D eigenvalue weighted by Crippen LogP contribution is -2.28. The number of aromatic nitrogens is 2. The van der Waals surface area contributed by atoms with Gasteiger partial charge in [0.2, 0.25) is 0 Å². The average Bonchev–Trinajstić information content (AvgIpc) is 2.68. The number of benzene rings is 1. The SMILES string of the molecule is O=c1[nH]c2ccc3sccc3c2[nH]c1=O. The van der Waals surface area contributed by atoms with Crippen LogP contribution >= 0.6 is 11.3 Å². The second-order valence-electron chi connectivity index (χ2n) is 3.23. The van der Waals surface area contributed by atoms with Crippen LogP contribution in [0.4, 0.5) is 0 Å². The van der Waals surface area contributed by atoms with E-state index in [1.165, 1.54) is 0 Å². The Morgan fingerprint density at radius 1 is 1.00 bits per heavy atom. The number of hydrogen-bond acceptors (Lipinski definition) is 3. The lowest BCUT2D eigenvalue weighted by molar-refractivity contribution is 1.15. The van der Waals surface area contributed by atoms with E-state index in [0.717, 1.165) is 10.1 Å². The molecule has 0 amide bonds. The summed E-state index contributed by atoms with van der Waals surface area (Å²) >= 11 is 1.60. The van der Waals surface area contributed by atoms with E-state index in [1.807, 2.05) is 17.5 Å². The molecular formula is C10H6N2O2S. The van der Waals surface area contributed by atoms with Gasteiger partial charge >= 0.3 is 11.1 Å². The van der Waals surface area contributed by atoms with E-state index in [1.54, 1.807) is 17.4 Å². The molecule has 2 heterocycles. The van der Waals surface area contributed by atoms with Gasteiger partial charge in [-0.25, -0.2) is 0 Å². The maximum atomic E-state index is 11.2. The highest BCUT2D eigenvalue weighted by molar-refractivity contribution is 7.17. The zero-order chi connectivity index (χ0) is 10.4. The fourth-order valence-corrected chi connectivity index (χ4v) is 2.43. The Morgan fingerprint density at radius 3 is 2.67 bits per heavy atom. The topological polar surface area (TPSA) is 65.7 Å². The molecular weight excluding hydrogens is 212 g/mol. The molecule has 0 aliphatic rings. The third-order valence-electron chi connectivity index (χ3n) is 2.33. The maximum absolute atomic E-state index is 11.2. The van der Waals surface area contributed by atoms with Crippen LogP contribution in [0.25, 0.3) is 21.1 Å². The van der Waals surface area contributed by atoms with E-state index in [2.05, 4.69) is 9.97 Å². The van der Waals surface area contributed by atoms with Crippen molar-refractivity contribution in [3.63, 3.8) is 0 Å². The van der Waals surface area contributed by atoms with Gasteiger partial charge in [0, 0.05) is 10.1 Å². The molecule has 2 N–H and O–H groups in total. The van der Waals surface area contributed by atoms with Crippen LogP contribution in [0.15, 0.2) is 33.2 Å². The highest BCUT2D eigenvalue weighted by Crippen LogP contribution is 2.25. The Bertz CT molecular complexity index is 766. The monoisotopic (exact) mass is 218 g/mol. The first-order chi connectivity index (χ1) is 7.25. The molecule has 0 unspecified atom stereocenters. The Labute approximate surface area is 87.2 Å². The number of rotatable bonds is 0. The van der Waals surface area contributed by atoms with Crippen molar-refractivity contribution < 1.29 is 0 Å². The number of hydrogen-bond donors (Lipinski definition) is 2. The second-order valence-corrected chi connectivity index (χ2v) is 4.18. The minimum atomic E-state index is -0.614. The minimum absolute atomic E-state index is 0.610. The molecule has 74 valence electrons. The summed E-state index contributed by atoms with van der Waals surface area (Å²) in [6, 6.07) is 5.65. The summed E-state index contributed by atoms with van der Waals surface area (Å²) in [7, 11) is 0. The molecule has 0 fully saturated rings. The van der Waals surface area contributed by atoms with Gasteiger partial charge in [-0.3, -0.25) is 9.59 Å². The van der Waals surface area contributed by atoms with Crippen molar-refractivity contribution in [3.05, 3.63) is 44.3 Å². The van der Waals surface area contributed by atoms with Crippen LogP contribution in [0, 0.1) is 0 Å². The molecule has 0 saturated heterocycles. The first kappa shape index (κ1) is 8.43. The third kappa shape index (κ3) is 1.13. The number of aromatic amines is 2. The zero-order valence-corrected chi connectivity index (χ0v) is 8.35. The van der Waals surface area contributed by atoms with Crippen molar-refractivity contribution in [1.29, 1.82) is 0 Å². The van der Waals surface area contributed by atoms with Crippen LogP contribution in [0.2, 0.25) is 0 Å². The Morgan fingerprint density at radius 2 is 1.80 bits per heavy atom. The van der Waals surface area contributed by atoms with Gasteiger partial charge in [-0.15, -0.1) is 11.3 Å². The van der Waals surface area contributed by atoms with Crippen molar-refractivity contribution in [3.8, 4) is 0 Å². The molecule has 1 aromatic carbocycles. The molecule has 0 bridgehead atoms. The first-order valence-electron chi connectivity index (χ1n) is 4.38. The van der Waals surface area contributed by atoms with Crippen molar-refractivity contribution >= 4 is 32.5 Å². The molecule has 0 spiro atoms. The fraction of sp³-hybridized carbons (Fsp3) is 0. The standard InChI is InChI=1S/C10H6N2O2S/c13-9-10(14)12-8-5-3-4-15-7(5)2-1-6(8)11-9/h1-4H,(H,11,13)(H,12,14). The molecule has 5 heteroatoms. The van der Waals surface area contributed by atoms with Gasteiger partial charge in [-0.05, 0) is 23.6 Å². The molecule has 0 aliphatic carbocycles. The van der Waals surface area contributed by atoms with E-state index in [-0.39, 0.29) is 0 Å². The van der Waals surface area contributed by atoms with E-state index < -0.39 is 11.1 Å². The summed E-state index contributed by atoms with van der Waals surface area (Å²) in [5, 5.41) is 2.92. The van der Waals surface area contributed by atoms with Gasteiger partial charge in [0.25, 0.3) is 0 Å². The van der Waals surface area contributed by atoms with Gasteiger partial charge in [-0.1, -0.05) is 0 Å². The highest BCUT2D eigenvalue weighted by Gasteiger charge is 2.04.